The molecule has 17 heavy (non-hydrogen) atoms. The monoisotopic (exact) mass is 273 g/mol. The van der Waals surface area contributed by atoms with Gasteiger partial charge < -0.3 is 10.4 Å². The molecule has 0 spiro atoms. The van der Waals surface area contributed by atoms with Gasteiger partial charge in [-0.2, -0.15) is 0 Å². The largest absolute Gasteiger partial charge is 0.481 e. The number of thioether (sulfide) groups is 1. The lowest BCUT2D eigenvalue weighted by atomic mass is 10.3. The molecule has 4 nitrogen and oxygen atoms in total. The van der Waals surface area contributed by atoms with Gasteiger partial charge in [0.25, 0.3) is 0 Å². The molecule has 2 N–H and O–H groups in total. The first kappa shape index (κ1) is 14.1. The Hall–Kier alpha value is -1.01. The van der Waals surface area contributed by atoms with Gasteiger partial charge >= 0.3 is 5.97 Å². The van der Waals surface area contributed by atoms with E-state index in [1.807, 2.05) is 17.5 Å². The number of carbonyl (C=O) groups is 2. The minimum Gasteiger partial charge on any atom is -0.481 e. The number of carboxylic acid groups (broad SMARTS) is 1. The predicted octanol–water partition coefficient (Wildman–Crippen LogP) is 1.96. The number of nitrogens with one attached hydrogen (secondary N) is 1. The molecule has 1 heterocycles. The van der Waals surface area contributed by atoms with Gasteiger partial charge in [0.15, 0.2) is 0 Å². The van der Waals surface area contributed by atoms with Gasteiger partial charge in [-0.3, -0.25) is 9.59 Å². The molecular weight excluding hydrogens is 258 g/mol. The van der Waals surface area contributed by atoms with Crippen molar-refractivity contribution in [2.24, 2.45) is 0 Å². The lowest BCUT2D eigenvalue weighted by Gasteiger charge is -2.03. The van der Waals surface area contributed by atoms with Crippen LogP contribution >= 0.6 is 23.1 Å². The summed E-state index contributed by atoms with van der Waals surface area (Å²) >= 11 is 3.25. The lowest BCUT2D eigenvalue weighted by molar-refractivity contribution is -0.137. The third-order valence-corrected chi connectivity index (χ3v) is 3.99. The Kier molecular flexibility index (Phi) is 6.73. The molecule has 94 valence electrons. The van der Waals surface area contributed by atoms with Crippen LogP contribution in [0.4, 0.5) is 0 Å². The molecule has 0 radical (unpaired) electrons. The van der Waals surface area contributed by atoms with Gasteiger partial charge in [-0.15, -0.1) is 23.1 Å². The molecule has 0 saturated carbocycles. The van der Waals surface area contributed by atoms with E-state index in [1.165, 1.54) is 4.88 Å². The molecule has 0 saturated heterocycles. The first-order valence-corrected chi connectivity index (χ1v) is 7.30. The molecule has 0 atom stereocenters. The van der Waals surface area contributed by atoms with Crippen molar-refractivity contribution in [3.05, 3.63) is 22.4 Å². The fourth-order valence-electron chi connectivity index (χ4n) is 1.16. The van der Waals surface area contributed by atoms with E-state index in [9.17, 15) is 9.59 Å². The Morgan fingerprint density at radius 3 is 2.94 bits per heavy atom. The molecule has 0 aromatic carbocycles. The van der Waals surface area contributed by atoms with Gasteiger partial charge in [0, 0.05) is 23.6 Å². The van der Waals surface area contributed by atoms with Crippen molar-refractivity contribution in [2.75, 3.05) is 12.3 Å². The second-order valence-corrected chi connectivity index (χ2v) is 5.44. The van der Waals surface area contributed by atoms with Crippen LogP contribution in [0.1, 0.15) is 17.7 Å². The van der Waals surface area contributed by atoms with Crippen molar-refractivity contribution in [1.82, 2.24) is 5.32 Å². The van der Waals surface area contributed by atoms with Crippen LogP contribution in [0.3, 0.4) is 0 Å². The third kappa shape index (κ3) is 7.01. The van der Waals surface area contributed by atoms with Crippen LogP contribution in [-0.2, 0) is 15.3 Å². The van der Waals surface area contributed by atoms with Crippen molar-refractivity contribution in [2.45, 2.75) is 18.6 Å². The van der Waals surface area contributed by atoms with Gasteiger partial charge in [0.1, 0.15) is 0 Å². The molecule has 0 bridgehead atoms. The summed E-state index contributed by atoms with van der Waals surface area (Å²) in [5.41, 5.74) is 0. The van der Waals surface area contributed by atoms with Crippen LogP contribution in [0.25, 0.3) is 0 Å². The Labute approximate surface area is 108 Å². The molecule has 0 aliphatic rings. The molecule has 0 unspecified atom stereocenters. The normalized spacial score (nSPS) is 10.1. The number of hydrogen-bond acceptors (Lipinski definition) is 4. The van der Waals surface area contributed by atoms with E-state index in [-0.39, 0.29) is 12.3 Å². The van der Waals surface area contributed by atoms with Crippen LogP contribution < -0.4 is 5.32 Å². The molecule has 6 heteroatoms. The van der Waals surface area contributed by atoms with Crippen LogP contribution in [0, 0.1) is 0 Å². The van der Waals surface area contributed by atoms with Crippen LogP contribution in [0.2, 0.25) is 0 Å². The Morgan fingerprint density at radius 1 is 1.47 bits per heavy atom. The average molecular weight is 273 g/mol. The number of amides is 1. The van der Waals surface area contributed by atoms with Crippen molar-refractivity contribution in [1.29, 1.82) is 0 Å². The van der Waals surface area contributed by atoms with E-state index in [4.69, 9.17) is 5.11 Å². The zero-order valence-electron chi connectivity index (χ0n) is 9.35. The number of carbonyl (C=O) groups excluding carboxylic acids is 1. The summed E-state index contributed by atoms with van der Waals surface area (Å²) in [6, 6.07) is 4.04. The minimum atomic E-state index is -0.827. The van der Waals surface area contributed by atoms with Crippen molar-refractivity contribution < 1.29 is 14.7 Å². The molecule has 1 aromatic rings. The van der Waals surface area contributed by atoms with Gasteiger partial charge in [-0.05, 0) is 17.9 Å². The first-order valence-electron chi connectivity index (χ1n) is 5.27. The fourth-order valence-corrected chi connectivity index (χ4v) is 2.86. The number of aliphatic carboxylic acids is 1. The zero-order chi connectivity index (χ0) is 12.5. The SMILES string of the molecule is O=C(O)CCCNC(=O)CSCc1cccs1. The maximum atomic E-state index is 11.3. The Bertz CT molecular complexity index is 352. The number of thiophene rings is 1. The Morgan fingerprint density at radius 2 is 2.29 bits per heavy atom. The van der Waals surface area contributed by atoms with Crippen LogP contribution in [0.5, 0.6) is 0 Å². The second-order valence-electron chi connectivity index (χ2n) is 3.42. The molecule has 0 fully saturated rings. The summed E-state index contributed by atoms with van der Waals surface area (Å²) in [6.07, 6.45) is 0.583. The van der Waals surface area contributed by atoms with Gasteiger partial charge in [0.2, 0.25) is 5.91 Å². The second kappa shape index (κ2) is 8.14. The molecule has 1 aromatic heterocycles. The highest BCUT2D eigenvalue weighted by Crippen LogP contribution is 2.16. The maximum Gasteiger partial charge on any atom is 0.303 e. The maximum absolute atomic E-state index is 11.3. The minimum absolute atomic E-state index is 0.0306. The quantitative estimate of drug-likeness (QED) is 0.711. The summed E-state index contributed by atoms with van der Waals surface area (Å²) in [6.45, 7) is 0.435. The van der Waals surface area contributed by atoms with Crippen molar-refractivity contribution >= 4 is 35.0 Å². The van der Waals surface area contributed by atoms with Gasteiger partial charge in [-0.1, -0.05) is 6.07 Å². The van der Waals surface area contributed by atoms with Crippen molar-refractivity contribution in [3.8, 4) is 0 Å². The summed E-state index contributed by atoms with van der Waals surface area (Å²) in [5, 5.41) is 13.1. The highest BCUT2D eigenvalue weighted by atomic mass is 32.2. The van der Waals surface area contributed by atoms with E-state index in [2.05, 4.69) is 5.32 Å². The molecule has 1 rings (SSSR count). The van der Waals surface area contributed by atoms with E-state index in [0.29, 0.717) is 18.7 Å². The third-order valence-electron chi connectivity index (χ3n) is 1.95. The lowest BCUT2D eigenvalue weighted by Crippen LogP contribution is -2.26. The Balaban J connectivity index is 1.99. The number of rotatable bonds is 8. The molecule has 0 aliphatic carbocycles. The topological polar surface area (TPSA) is 66.4 Å². The molecule has 0 aliphatic heterocycles. The van der Waals surface area contributed by atoms with Crippen molar-refractivity contribution in [3.63, 3.8) is 0 Å². The van der Waals surface area contributed by atoms with E-state index >= 15 is 0 Å². The zero-order valence-corrected chi connectivity index (χ0v) is 11.0. The number of hydrogen-bond donors (Lipinski definition) is 2. The average Bonchev–Trinajstić information content (AvgIpc) is 2.77. The van der Waals surface area contributed by atoms with E-state index in [1.54, 1.807) is 23.1 Å². The van der Waals surface area contributed by atoms with Gasteiger partial charge in [-0.25, -0.2) is 0 Å². The standard InChI is InChI=1S/C11H15NO3S2/c13-10(12-5-1-4-11(14)15)8-16-7-9-3-2-6-17-9/h2-3,6H,1,4-5,7-8H2,(H,12,13)(H,14,15). The fraction of sp³-hybridized carbons (Fsp3) is 0.455. The summed E-state index contributed by atoms with van der Waals surface area (Å²) in [5.74, 6) is 0.411. The summed E-state index contributed by atoms with van der Waals surface area (Å²) < 4.78 is 0. The molecule has 1 amide bonds. The van der Waals surface area contributed by atoms with E-state index in [0.717, 1.165) is 5.75 Å². The van der Waals surface area contributed by atoms with Crippen LogP contribution in [0.15, 0.2) is 17.5 Å². The summed E-state index contributed by atoms with van der Waals surface area (Å²) in [4.78, 5) is 22.8. The smallest absolute Gasteiger partial charge is 0.303 e. The number of carboxylic acids is 1. The van der Waals surface area contributed by atoms with E-state index < -0.39 is 5.97 Å². The van der Waals surface area contributed by atoms with Crippen LogP contribution in [-0.4, -0.2) is 29.3 Å². The summed E-state index contributed by atoms with van der Waals surface area (Å²) in [7, 11) is 0. The highest BCUT2D eigenvalue weighted by molar-refractivity contribution is 7.99. The predicted molar refractivity (Wildman–Crippen MR) is 70.4 cm³/mol. The highest BCUT2D eigenvalue weighted by Gasteiger charge is 2.02. The first-order chi connectivity index (χ1) is 8.18. The molecular formula is C11H15NO3S2. The van der Waals surface area contributed by atoms with Gasteiger partial charge in [0.05, 0.1) is 5.75 Å².